The standard InChI is InChI=1S/C12H9NS/c1-2-4-9-10-6-7-13-8-12(10)14-11(9)5-3-1/h2-8H,1H2. The third-order valence-corrected chi connectivity index (χ3v) is 3.51. The number of hydrogen-bond donors (Lipinski definition) is 0. The van der Waals surface area contributed by atoms with Crippen molar-refractivity contribution in [1.82, 2.24) is 4.98 Å². The normalized spacial score (nSPS) is 14.3. The van der Waals surface area contributed by atoms with Crippen molar-refractivity contribution in [2.24, 2.45) is 0 Å². The molecule has 1 nitrogen and oxygen atoms in total. The van der Waals surface area contributed by atoms with Crippen LogP contribution < -0.4 is 0 Å². The smallest absolute Gasteiger partial charge is 0.0538 e. The molecule has 2 aromatic heterocycles. The fraction of sp³-hybridized carbons (Fsp3) is 0.0833. The zero-order valence-electron chi connectivity index (χ0n) is 7.60. The maximum Gasteiger partial charge on any atom is 0.0538 e. The van der Waals surface area contributed by atoms with Gasteiger partial charge in [-0.1, -0.05) is 18.2 Å². The summed E-state index contributed by atoms with van der Waals surface area (Å²) in [5, 5.41) is 1.32. The summed E-state index contributed by atoms with van der Waals surface area (Å²) in [6.45, 7) is 0. The molecule has 0 bridgehead atoms. The molecule has 0 aliphatic heterocycles. The monoisotopic (exact) mass is 199 g/mol. The Morgan fingerprint density at radius 1 is 1.21 bits per heavy atom. The van der Waals surface area contributed by atoms with Crippen LogP contribution in [0.15, 0.2) is 30.6 Å². The van der Waals surface area contributed by atoms with Crippen LogP contribution in [-0.2, 0) is 0 Å². The van der Waals surface area contributed by atoms with E-state index in [1.54, 1.807) is 0 Å². The van der Waals surface area contributed by atoms with Gasteiger partial charge in [0.15, 0.2) is 0 Å². The molecule has 0 fully saturated rings. The van der Waals surface area contributed by atoms with E-state index in [4.69, 9.17) is 0 Å². The van der Waals surface area contributed by atoms with E-state index < -0.39 is 0 Å². The molecule has 0 spiro atoms. The van der Waals surface area contributed by atoms with Gasteiger partial charge in [0.25, 0.3) is 0 Å². The first-order valence-corrected chi connectivity index (χ1v) is 5.46. The summed E-state index contributed by atoms with van der Waals surface area (Å²) in [5.74, 6) is 0. The average Bonchev–Trinajstić information content (AvgIpc) is 2.42. The van der Waals surface area contributed by atoms with Crippen molar-refractivity contribution in [3.05, 3.63) is 41.1 Å². The van der Waals surface area contributed by atoms with E-state index in [1.165, 1.54) is 20.5 Å². The molecular formula is C12H9NS. The SMILES string of the molecule is C1=Cc2sc3cnccc3c2C=CC1. The Morgan fingerprint density at radius 2 is 2.14 bits per heavy atom. The van der Waals surface area contributed by atoms with Crippen molar-refractivity contribution in [3.63, 3.8) is 0 Å². The molecule has 0 unspecified atom stereocenters. The first-order chi connectivity index (χ1) is 6.95. The minimum atomic E-state index is 1.04. The molecule has 3 rings (SSSR count). The molecule has 0 saturated heterocycles. The van der Waals surface area contributed by atoms with Crippen molar-refractivity contribution < 1.29 is 0 Å². The minimum Gasteiger partial charge on any atom is -0.263 e. The number of pyridine rings is 1. The van der Waals surface area contributed by atoms with Crippen LogP contribution in [0.3, 0.4) is 0 Å². The number of fused-ring (bicyclic) bond motifs is 3. The van der Waals surface area contributed by atoms with Gasteiger partial charge in [-0.3, -0.25) is 4.98 Å². The molecule has 14 heavy (non-hydrogen) atoms. The first-order valence-electron chi connectivity index (χ1n) is 4.65. The molecule has 0 amide bonds. The highest BCUT2D eigenvalue weighted by Crippen LogP contribution is 2.33. The van der Waals surface area contributed by atoms with E-state index in [9.17, 15) is 0 Å². The molecule has 2 aromatic rings. The fourth-order valence-electron chi connectivity index (χ4n) is 1.73. The van der Waals surface area contributed by atoms with Crippen molar-refractivity contribution in [3.8, 4) is 0 Å². The lowest BCUT2D eigenvalue weighted by Gasteiger charge is -1.90. The molecule has 0 N–H and O–H groups in total. The highest BCUT2D eigenvalue weighted by atomic mass is 32.1. The molecule has 68 valence electrons. The highest BCUT2D eigenvalue weighted by molar-refractivity contribution is 7.20. The molecule has 2 heteroatoms. The lowest BCUT2D eigenvalue weighted by molar-refractivity contribution is 1.37. The summed E-state index contributed by atoms with van der Waals surface area (Å²) in [5.41, 5.74) is 1.35. The Kier molecular flexibility index (Phi) is 1.74. The zero-order chi connectivity index (χ0) is 9.38. The number of aromatic nitrogens is 1. The summed E-state index contributed by atoms with van der Waals surface area (Å²) < 4.78 is 1.27. The van der Waals surface area contributed by atoms with E-state index in [1.807, 2.05) is 23.7 Å². The molecule has 0 aromatic carbocycles. The van der Waals surface area contributed by atoms with Crippen LogP contribution in [0.2, 0.25) is 0 Å². The van der Waals surface area contributed by atoms with Crippen LogP contribution in [0.25, 0.3) is 22.2 Å². The lowest BCUT2D eigenvalue weighted by Crippen LogP contribution is -1.71. The largest absolute Gasteiger partial charge is 0.263 e. The van der Waals surface area contributed by atoms with Crippen LogP contribution in [0.4, 0.5) is 0 Å². The van der Waals surface area contributed by atoms with Gasteiger partial charge in [-0.05, 0) is 18.6 Å². The number of nitrogens with zero attached hydrogens (tertiary/aromatic N) is 1. The maximum atomic E-state index is 4.14. The Hall–Kier alpha value is -1.41. The summed E-state index contributed by atoms with van der Waals surface area (Å²) in [7, 11) is 0. The van der Waals surface area contributed by atoms with E-state index in [0.29, 0.717) is 0 Å². The van der Waals surface area contributed by atoms with Gasteiger partial charge < -0.3 is 0 Å². The number of rotatable bonds is 0. The predicted molar refractivity (Wildman–Crippen MR) is 62.3 cm³/mol. The van der Waals surface area contributed by atoms with Gasteiger partial charge in [-0.15, -0.1) is 11.3 Å². The number of allylic oxidation sites excluding steroid dienone is 2. The van der Waals surface area contributed by atoms with Gasteiger partial charge >= 0.3 is 0 Å². The highest BCUT2D eigenvalue weighted by Gasteiger charge is 2.08. The van der Waals surface area contributed by atoms with Crippen molar-refractivity contribution in [1.29, 1.82) is 0 Å². The second-order valence-electron chi connectivity index (χ2n) is 3.29. The Morgan fingerprint density at radius 3 is 3.14 bits per heavy atom. The van der Waals surface area contributed by atoms with Gasteiger partial charge in [-0.2, -0.15) is 0 Å². The lowest BCUT2D eigenvalue weighted by atomic mass is 10.1. The predicted octanol–water partition coefficient (Wildman–Crippen LogP) is 3.73. The third-order valence-electron chi connectivity index (χ3n) is 2.39. The summed E-state index contributed by atoms with van der Waals surface area (Å²) in [6.07, 6.45) is 13.7. The zero-order valence-corrected chi connectivity index (χ0v) is 8.42. The fourth-order valence-corrected chi connectivity index (χ4v) is 2.82. The summed E-state index contributed by atoms with van der Waals surface area (Å²) in [4.78, 5) is 5.49. The molecular weight excluding hydrogens is 190 g/mol. The Balaban J connectivity index is 2.41. The molecule has 0 radical (unpaired) electrons. The first kappa shape index (κ1) is 7.94. The van der Waals surface area contributed by atoms with Crippen LogP contribution in [-0.4, -0.2) is 4.98 Å². The second kappa shape index (κ2) is 3.07. The van der Waals surface area contributed by atoms with Crippen LogP contribution in [0.1, 0.15) is 16.9 Å². The Bertz CT molecular complexity index is 534. The van der Waals surface area contributed by atoms with E-state index in [0.717, 1.165) is 6.42 Å². The molecule has 1 aliphatic carbocycles. The van der Waals surface area contributed by atoms with Crippen LogP contribution in [0, 0.1) is 0 Å². The van der Waals surface area contributed by atoms with E-state index in [-0.39, 0.29) is 0 Å². The average molecular weight is 199 g/mol. The molecule has 1 aliphatic rings. The van der Waals surface area contributed by atoms with Gasteiger partial charge in [-0.25, -0.2) is 0 Å². The molecule has 0 saturated carbocycles. The quantitative estimate of drug-likeness (QED) is 0.630. The Labute approximate surface area is 86.4 Å². The third kappa shape index (κ3) is 1.11. The van der Waals surface area contributed by atoms with E-state index >= 15 is 0 Å². The van der Waals surface area contributed by atoms with Gasteiger partial charge in [0.2, 0.25) is 0 Å². The number of hydrogen-bond acceptors (Lipinski definition) is 2. The van der Waals surface area contributed by atoms with E-state index in [2.05, 4.69) is 35.4 Å². The summed E-state index contributed by atoms with van der Waals surface area (Å²) in [6, 6.07) is 2.09. The minimum absolute atomic E-state index is 1.04. The number of thiophene rings is 1. The summed E-state index contributed by atoms with van der Waals surface area (Å²) >= 11 is 1.81. The molecule has 0 atom stereocenters. The molecule has 2 heterocycles. The van der Waals surface area contributed by atoms with Crippen molar-refractivity contribution in [2.45, 2.75) is 6.42 Å². The van der Waals surface area contributed by atoms with Crippen LogP contribution in [0.5, 0.6) is 0 Å². The topological polar surface area (TPSA) is 12.9 Å². The second-order valence-corrected chi connectivity index (χ2v) is 4.38. The van der Waals surface area contributed by atoms with Crippen LogP contribution >= 0.6 is 11.3 Å². The van der Waals surface area contributed by atoms with Crippen molar-refractivity contribution in [2.75, 3.05) is 0 Å². The van der Waals surface area contributed by atoms with Crippen molar-refractivity contribution >= 4 is 33.6 Å². The van der Waals surface area contributed by atoms with Gasteiger partial charge in [0.1, 0.15) is 0 Å². The van der Waals surface area contributed by atoms with Gasteiger partial charge in [0.05, 0.1) is 4.70 Å². The van der Waals surface area contributed by atoms with Gasteiger partial charge in [0, 0.05) is 28.2 Å². The maximum absolute atomic E-state index is 4.14.